The maximum absolute atomic E-state index is 12.9. The Morgan fingerprint density at radius 1 is 1.11 bits per heavy atom. The first kappa shape index (κ1) is 18.3. The van der Waals surface area contributed by atoms with E-state index in [1.165, 1.54) is 24.3 Å². The minimum atomic E-state index is -0.577. The van der Waals surface area contributed by atoms with E-state index in [4.69, 9.17) is 4.99 Å². The van der Waals surface area contributed by atoms with Crippen molar-refractivity contribution >= 4 is 23.2 Å². The second kappa shape index (κ2) is 7.52. The summed E-state index contributed by atoms with van der Waals surface area (Å²) in [6.07, 6.45) is 1.30. The van der Waals surface area contributed by atoms with Crippen LogP contribution in [0.25, 0.3) is 0 Å². The molecule has 2 amide bonds. The lowest BCUT2D eigenvalue weighted by Crippen LogP contribution is -2.52. The van der Waals surface area contributed by atoms with Crippen LogP contribution in [0.4, 0.5) is 10.1 Å². The van der Waals surface area contributed by atoms with Crippen molar-refractivity contribution in [1.29, 1.82) is 0 Å². The van der Waals surface area contributed by atoms with Gasteiger partial charge in [0.15, 0.2) is 0 Å². The monoisotopic (exact) mass is 380 g/mol. The third-order valence-corrected chi connectivity index (χ3v) is 5.11. The Morgan fingerprint density at radius 2 is 1.79 bits per heavy atom. The lowest BCUT2D eigenvalue weighted by Gasteiger charge is -2.36. The summed E-state index contributed by atoms with van der Waals surface area (Å²) in [6.45, 7) is 1.56. The van der Waals surface area contributed by atoms with Crippen molar-refractivity contribution in [3.63, 3.8) is 0 Å². The fourth-order valence-electron chi connectivity index (χ4n) is 3.61. The van der Waals surface area contributed by atoms with Gasteiger partial charge in [-0.2, -0.15) is 0 Å². The SMILES string of the molecule is O=C(CN1CCC2(CC1)N=C(c1ccccc1)C(=O)N2)Nc1ccc(F)cc1. The van der Waals surface area contributed by atoms with Crippen LogP contribution >= 0.6 is 0 Å². The molecule has 4 rings (SSSR count). The summed E-state index contributed by atoms with van der Waals surface area (Å²) in [5, 5.41) is 5.80. The number of halogens is 1. The number of carbonyl (C=O) groups excluding carboxylic acids is 2. The molecule has 144 valence electrons. The predicted molar refractivity (Wildman–Crippen MR) is 105 cm³/mol. The molecule has 7 heteroatoms. The van der Waals surface area contributed by atoms with Crippen molar-refractivity contribution in [2.45, 2.75) is 18.5 Å². The zero-order chi connectivity index (χ0) is 19.6. The highest BCUT2D eigenvalue weighted by Gasteiger charge is 2.42. The van der Waals surface area contributed by atoms with Crippen LogP contribution < -0.4 is 10.6 Å². The Kier molecular flexibility index (Phi) is 4.92. The molecule has 2 heterocycles. The van der Waals surface area contributed by atoms with Crippen LogP contribution in [0.2, 0.25) is 0 Å². The number of benzene rings is 2. The van der Waals surface area contributed by atoms with Gasteiger partial charge in [0.1, 0.15) is 17.2 Å². The minimum absolute atomic E-state index is 0.145. The summed E-state index contributed by atoms with van der Waals surface area (Å²) in [5.41, 5.74) is 1.28. The van der Waals surface area contributed by atoms with Crippen LogP contribution in [0.3, 0.4) is 0 Å². The zero-order valence-electron chi connectivity index (χ0n) is 15.3. The summed E-state index contributed by atoms with van der Waals surface area (Å²) in [5.74, 6) is -0.631. The number of aliphatic imine (C=N–C) groups is 1. The second-order valence-electron chi connectivity index (χ2n) is 7.14. The van der Waals surface area contributed by atoms with Gasteiger partial charge in [0.25, 0.3) is 5.91 Å². The number of carbonyl (C=O) groups is 2. The molecule has 0 saturated carbocycles. The van der Waals surface area contributed by atoms with E-state index in [1.54, 1.807) is 0 Å². The second-order valence-corrected chi connectivity index (χ2v) is 7.14. The molecule has 0 aromatic heterocycles. The lowest BCUT2D eigenvalue weighted by atomic mass is 9.98. The van der Waals surface area contributed by atoms with Crippen LogP contribution in [0, 0.1) is 5.82 Å². The molecule has 6 nitrogen and oxygen atoms in total. The summed E-state index contributed by atoms with van der Waals surface area (Å²) < 4.78 is 12.9. The Hall–Kier alpha value is -3.06. The minimum Gasteiger partial charge on any atom is -0.326 e. The molecular weight excluding hydrogens is 359 g/mol. The van der Waals surface area contributed by atoms with E-state index in [-0.39, 0.29) is 24.2 Å². The van der Waals surface area contributed by atoms with Gasteiger partial charge < -0.3 is 10.6 Å². The fraction of sp³-hybridized carbons (Fsp3) is 0.286. The molecule has 2 N–H and O–H groups in total. The Labute approximate surface area is 162 Å². The highest BCUT2D eigenvalue weighted by Crippen LogP contribution is 2.28. The van der Waals surface area contributed by atoms with E-state index >= 15 is 0 Å². The van der Waals surface area contributed by atoms with Crippen molar-refractivity contribution in [1.82, 2.24) is 10.2 Å². The molecule has 1 fully saturated rings. The van der Waals surface area contributed by atoms with E-state index in [9.17, 15) is 14.0 Å². The average molecular weight is 380 g/mol. The first-order chi connectivity index (χ1) is 13.5. The third-order valence-electron chi connectivity index (χ3n) is 5.11. The number of piperidine rings is 1. The first-order valence-corrected chi connectivity index (χ1v) is 9.29. The standard InChI is InChI=1S/C21H21FN4O2/c22-16-6-8-17(9-7-16)23-18(27)14-26-12-10-21(11-13-26)24-19(20(28)25-21)15-4-2-1-3-5-15/h1-9H,10-14H2,(H,23,27)(H,25,28). The van der Waals surface area contributed by atoms with E-state index in [1.807, 2.05) is 35.2 Å². The molecular formula is C21H21FN4O2. The summed E-state index contributed by atoms with van der Waals surface area (Å²) in [4.78, 5) is 31.4. The first-order valence-electron chi connectivity index (χ1n) is 9.29. The van der Waals surface area contributed by atoms with E-state index in [2.05, 4.69) is 10.6 Å². The summed E-state index contributed by atoms with van der Waals surface area (Å²) >= 11 is 0. The Bertz CT molecular complexity index is 904. The van der Waals surface area contributed by atoms with Gasteiger partial charge in [-0.05, 0) is 24.3 Å². The molecule has 0 aliphatic carbocycles. The number of amides is 2. The normalized spacial score (nSPS) is 18.6. The van der Waals surface area contributed by atoms with Gasteiger partial charge in [0.2, 0.25) is 5.91 Å². The van der Waals surface area contributed by atoms with Gasteiger partial charge in [-0.25, -0.2) is 4.39 Å². The van der Waals surface area contributed by atoms with Crippen LogP contribution in [0.5, 0.6) is 0 Å². The molecule has 2 aliphatic heterocycles. The maximum Gasteiger partial charge on any atom is 0.272 e. The molecule has 1 spiro atoms. The quantitative estimate of drug-likeness (QED) is 0.854. The van der Waals surface area contributed by atoms with Crippen LogP contribution in [-0.4, -0.2) is 47.7 Å². The van der Waals surface area contributed by atoms with Crippen LogP contribution in [0.1, 0.15) is 18.4 Å². The number of hydrogen-bond acceptors (Lipinski definition) is 4. The van der Waals surface area contributed by atoms with Crippen molar-refractivity contribution in [3.8, 4) is 0 Å². The smallest absolute Gasteiger partial charge is 0.272 e. The van der Waals surface area contributed by atoms with Gasteiger partial charge in [0, 0.05) is 37.2 Å². The van der Waals surface area contributed by atoms with E-state index in [0.29, 0.717) is 37.3 Å². The van der Waals surface area contributed by atoms with Crippen molar-refractivity contribution < 1.29 is 14.0 Å². The molecule has 1 saturated heterocycles. The molecule has 0 bridgehead atoms. The number of nitrogens with zero attached hydrogens (tertiary/aromatic N) is 2. The van der Waals surface area contributed by atoms with Gasteiger partial charge in [-0.3, -0.25) is 19.5 Å². The number of likely N-dealkylation sites (tertiary alicyclic amines) is 1. The van der Waals surface area contributed by atoms with Gasteiger partial charge in [0.05, 0.1) is 6.54 Å². The van der Waals surface area contributed by atoms with Gasteiger partial charge in [-0.1, -0.05) is 30.3 Å². The van der Waals surface area contributed by atoms with Gasteiger partial charge in [-0.15, -0.1) is 0 Å². The van der Waals surface area contributed by atoms with Crippen LogP contribution in [0.15, 0.2) is 59.6 Å². The highest BCUT2D eigenvalue weighted by atomic mass is 19.1. The maximum atomic E-state index is 12.9. The Morgan fingerprint density at radius 3 is 2.46 bits per heavy atom. The molecule has 0 unspecified atom stereocenters. The Balaban J connectivity index is 1.34. The average Bonchev–Trinajstić information content (AvgIpc) is 3.02. The number of nitrogens with one attached hydrogen (secondary N) is 2. The summed E-state index contributed by atoms with van der Waals surface area (Å²) in [6, 6.07) is 15.1. The number of rotatable bonds is 4. The van der Waals surface area contributed by atoms with Crippen molar-refractivity contribution in [2.75, 3.05) is 25.0 Å². The number of hydrogen-bond donors (Lipinski definition) is 2. The zero-order valence-corrected chi connectivity index (χ0v) is 15.3. The lowest BCUT2D eigenvalue weighted by molar-refractivity contribution is -0.119. The molecule has 2 aromatic carbocycles. The van der Waals surface area contributed by atoms with Gasteiger partial charge >= 0.3 is 0 Å². The topological polar surface area (TPSA) is 73.8 Å². The van der Waals surface area contributed by atoms with Crippen molar-refractivity contribution in [3.05, 3.63) is 66.0 Å². The fourth-order valence-corrected chi connectivity index (χ4v) is 3.61. The largest absolute Gasteiger partial charge is 0.326 e. The molecule has 0 atom stereocenters. The molecule has 28 heavy (non-hydrogen) atoms. The summed E-state index contributed by atoms with van der Waals surface area (Å²) in [7, 11) is 0. The third kappa shape index (κ3) is 3.94. The predicted octanol–water partition coefficient (Wildman–Crippen LogP) is 2.18. The number of anilines is 1. The van der Waals surface area contributed by atoms with E-state index < -0.39 is 5.66 Å². The van der Waals surface area contributed by atoms with E-state index in [0.717, 1.165) is 5.56 Å². The van der Waals surface area contributed by atoms with Crippen molar-refractivity contribution in [2.24, 2.45) is 4.99 Å². The molecule has 0 radical (unpaired) electrons. The molecule has 2 aliphatic rings. The highest BCUT2D eigenvalue weighted by molar-refractivity contribution is 6.46. The molecule has 2 aromatic rings. The van der Waals surface area contributed by atoms with Crippen LogP contribution in [-0.2, 0) is 9.59 Å².